The van der Waals surface area contributed by atoms with Crippen molar-refractivity contribution < 1.29 is 5.11 Å². The second-order valence-electron chi connectivity index (χ2n) is 4.16. The van der Waals surface area contributed by atoms with Gasteiger partial charge in [-0.2, -0.15) is 0 Å². The van der Waals surface area contributed by atoms with Gasteiger partial charge in [0.05, 0.1) is 6.10 Å². The van der Waals surface area contributed by atoms with Crippen molar-refractivity contribution in [2.45, 2.75) is 25.5 Å². The molecule has 1 aromatic rings. The highest BCUT2D eigenvalue weighted by molar-refractivity contribution is 6.30. The fourth-order valence-corrected chi connectivity index (χ4v) is 2.28. The number of benzene rings is 1. The van der Waals surface area contributed by atoms with Crippen LogP contribution in [-0.4, -0.2) is 29.2 Å². The van der Waals surface area contributed by atoms with Gasteiger partial charge in [-0.1, -0.05) is 23.7 Å². The van der Waals surface area contributed by atoms with Gasteiger partial charge in [-0.3, -0.25) is 4.90 Å². The summed E-state index contributed by atoms with van der Waals surface area (Å²) in [5.41, 5.74) is 1.22. The van der Waals surface area contributed by atoms with Crippen LogP contribution < -0.4 is 0 Å². The maximum atomic E-state index is 9.54. The Labute approximate surface area is 108 Å². The van der Waals surface area contributed by atoms with Crippen molar-refractivity contribution in [1.82, 2.24) is 4.90 Å². The van der Waals surface area contributed by atoms with Gasteiger partial charge in [-0.25, -0.2) is 0 Å². The van der Waals surface area contributed by atoms with Crippen LogP contribution in [0.2, 0.25) is 5.02 Å². The summed E-state index contributed by atoms with van der Waals surface area (Å²) in [4.78, 5) is 2.28. The normalized spacial score (nSPS) is 21.5. The molecule has 1 atom stereocenters. The molecule has 1 unspecified atom stereocenters. The van der Waals surface area contributed by atoms with Crippen molar-refractivity contribution in [3.63, 3.8) is 0 Å². The molecule has 0 saturated carbocycles. The van der Waals surface area contributed by atoms with Gasteiger partial charge >= 0.3 is 0 Å². The Morgan fingerprint density at radius 2 is 2.25 bits per heavy atom. The third-order valence-corrected chi connectivity index (χ3v) is 3.01. The van der Waals surface area contributed by atoms with Crippen LogP contribution in [0.4, 0.5) is 0 Å². The van der Waals surface area contributed by atoms with E-state index in [1.54, 1.807) is 0 Å². The van der Waals surface area contributed by atoms with Gasteiger partial charge in [0.2, 0.25) is 0 Å². The maximum Gasteiger partial charge on any atom is 0.0667 e. The quantitative estimate of drug-likeness (QED) is 0.885. The van der Waals surface area contributed by atoms with E-state index in [1.165, 1.54) is 5.56 Å². The second kappa shape index (κ2) is 6.45. The minimum atomic E-state index is -0.155. The molecular formula is C12H17Cl2NO. The molecular weight excluding hydrogens is 245 g/mol. The molecule has 1 aliphatic rings. The Morgan fingerprint density at radius 3 is 2.94 bits per heavy atom. The van der Waals surface area contributed by atoms with Crippen molar-refractivity contribution >= 4 is 24.0 Å². The van der Waals surface area contributed by atoms with Gasteiger partial charge < -0.3 is 5.11 Å². The van der Waals surface area contributed by atoms with E-state index in [9.17, 15) is 5.11 Å². The van der Waals surface area contributed by atoms with Crippen molar-refractivity contribution in [2.24, 2.45) is 0 Å². The summed E-state index contributed by atoms with van der Waals surface area (Å²) < 4.78 is 0. The molecule has 1 saturated heterocycles. The van der Waals surface area contributed by atoms with Crippen LogP contribution in [-0.2, 0) is 6.54 Å². The van der Waals surface area contributed by atoms with Gasteiger partial charge in [-0.15, -0.1) is 12.4 Å². The topological polar surface area (TPSA) is 23.5 Å². The average Bonchev–Trinajstić information content (AvgIpc) is 2.17. The van der Waals surface area contributed by atoms with Crippen LogP contribution in [0, 0.1) is 0 Å². The number of aliphatic hydroxyl groups excluding tert-OH is 1. The Hall–Kier alpha value is -0.280. The van der Waals surface area contributed by atoms with Gasteiger partial charge in [0, 0.05) is 18.1 Å². The van der Waals surface area contributed by atoms with Gasteiger partial charge in [0.15, 0.2) is 0 Å². The summed E-state index contributed by atoms with van der Waals surface area (Å²) in [7, 11) is 0. The highest BCUT2D eigenvalue weighted by Gasteiger charge is 2.17. The van der Waals surface area contributed by atoms with Gasteiger partial charge in [-0.05, 0) is 37.1 Å². The molecule has 1 aromatic carbocycles. The van der Waals surface area contributed by atoms with Gasteiger partial charge in [0.25, 0.3) is 0 Å². The molecule has 16 heavy (non-hydrogen) atoms. The van der Waals surface area contributed by atoms with Crippen molar-refractivity contribution in [3.05, 3.63) is 34.9 Å². The standard InChI is InChI=1S/C12H16ClNO.ClH/c13-11-4-1-3-10(7-11)8-14-6-2-5-12(15)9-14;/h1,3-4,7,12,15H,2,5-6,8-9H2;1H. The number of halogens is 2. The Bertz CT molecular complexity index is 333. The van der Waals surface area contributed by atoms with E-state index >= 15 is 0 Å². The molecule has 90 valence electrons. The molecule has 0 aliphatic carbocycles. The number of piperidine rings is 1. The molecule has 4 heteroatoms. The minimum Gasteiger partial charge on any atom is -0.392 e. The van der Waals surface area contributed by atoms with E-state index in [0.29, 0.717) is 0 Å². The Morgan fingerprint density at radius 1 is 1.44 bits per heavy atom. The number of β-amino-alcohol motifs (C(OH)–C–C–N with tert-alkyl or cyclic N) is 1. The first kappa shape index (κ1) is 13.8. The van der Waals surface area contributed by atoms with Crippen LogP contribution in [0.5, 0.6) is 0 Å². The summed E-state index contributed by atoms with van der Waals surface area (Å²) in [6, 6.07) is 7.92. The second-order valence-corrected chi connectivity index (χ2v) is 4.60. The number of hydrogen-bond donors (Lipinski definition) is 1. The number of aliphatic hydroxyl groups is 1. The first-order chi connectivity index (χ1) is 7.24. The molecule has 0 bridgehead atoms. The lowest BCUT2D eigenvalue weighted by atomic mass is 10.1. The van der Waals surface area contributed by atoms with E-state index in [2.05, 4.69) is 11.0 Å². The minimum absolute atomic E-state index is 0. The molecule has 0 aromatic heterocycles. The first-order valence-corrected chi connectivity index (χ1v) is 5.77. The predicted molar refractivity (Wildman–Crippen MR) is 69.2 cm³/mol. The molecule has 0 amide bonds. The van der Waals surface area contributed by atoms with E-state index in [-0.39, 0.29) is 18.5 Å². The lowest BCUT2D eigenvalue weighted by Crippen LogP contribution is -2.37. The van der Waals surface area contributed by atoms with E-state index < -0.39 is 0 Å². The molecule has 1 N–H and O–H groups in total. The zero-order chi connectivity index (χ0) is 10.7. The number of hydrogen-bond acceptors (Lipinski definition) is 2. The third-order valence-electron chi connectivity index (χ3n) is 2.78. The summed E-state index contributed by atoms with van der Waals surface area (Å²) in [6.07, 6.45) is 1.87. The molecule has 0 radical (unpaired) electrons. The zero-order valence-electron chi connectivity index (χ0n) is 9.10. The molecule has 2 nitrogen and oxygen atoms in total. The smallest absolute Gasteiger partial charge is 0.0667 e. The van der Waals surface area contributed by atoms with Crippen LogP contribution in [0.3, 0.4) is 0 Å². The largest absolute Gasteiger partial charge is 0.392 e. The van der Waals surface area contributed by atoms with Crippen molar-refractivity contribution in [3.8, 4) is 0 Å². The van der Waals surface area contributed by atoms with Crippen LogP contribution >= 0.6 is 24.0 Å². The highest BCUT2D eigenvalue weighted by Crippen LogP contribution is 2.16. The van der Waals surface area contributed by atoms with E-state index in [1.807, 2.05) is 18.2 Å². The first-order valence-electron chi connectivity index (χ1n) is 5.39. The monoisotopic (exact) mass is 261 g/mol. The van der Waals surface area contributed by atoms with Crippen LogP contribution in [0.15, 0.2) is 24.3 Å². The lowest BCUT2D eigenvalue weighted by molar-refractivity contribution is 0.0668. The van der Waals surface area contributed by atoms with Crippen LogP contribution in [0.25, 0.3) is 0 Å². The summed E-state index contributed by atoms with van der Waals surface area (Å²) in [5, 5.41) is 10.3. The fraction of sp³-hybridized carbons (Fsp3) is 0.500. The molecule has 1 fully saturated rings. The predicted octanol–water partition coefficient (Wildman–Crippen LogP) is 2.72. The average molecular weight is 262 g/mol. The number of likely N-dealkylation sites (tertiary alicyclic amines) is 1. The summed E-state index contributed by atoms with van der Waals surface area (Å²) in [6.45, 7) is 2.74. The summed E-state index contributed by atoms with van der Waals surface area (Å²) in [5.74, 6) is 0. The molecule has 1 aliphatic heterocycles. The van der Waals surface area contributed by atoms with E-state index in [4.69, 9.17) is 11.6 Å². The van der Waals surface area contributed by atoms with Crippen molar-refractivity contribution in [2.75, 3.05) is 13.1 Å². The number of rotatable bonds is 2. The number of nitrogens with zero attached hydrogens (tertiary/aromatic N) is 1. The summed E-state index contributed by atoms with van der Waals surface area (Å²) >= 11 is 5.92. The molecule has 2 rings (SSSR count). The fourth-order valence-electron chi connectivity index (χ4n) is 2.07. The van der Waals surface area contributed by atoms with E-state index in [0.717, 1.165) is 37.5 Å². The molecule has 0 spiro atoms. The Balaban J connectivity index is 0.00000128. The van der Waals surface area contributed by atoms with Crippen molar-refractivity contribution in [1.29, 1.82) is 0 Å². The lowest BCUT2D eigenvalue weighted by Gasteiger charge is -2.29. The van der Waals surface area contributed by atoms with Crippen LogP contribution in [0.1, 0.15) is 18.4 Å². The third kappa shape index (κ3) is 3.95. The zero-order valence-corrected chi connectivity index (χ0v) is 10.7. The SMILES string of the molecule is Cl.OC1CCCN(Cc2cccc(Cl)c2)C1. The highest BCUT2D eigenvalue weighted by atomic mass is 35.5. The molecule has 1 heterocycles. The maximum absolute atomic E-state index is 9.54. The Kier molecular flexibility index (Phi) is 5.56. The van der Waals surface area contributed by atoms with Gasteiger partial charge in [0.1, 0.15) is 0 Å².